The Labute approximate surface area is 303 Å². The first kappa shape index (κ1) is 33.0. The van der Waals surface area contributed by atoms with Gasteiger partial charge in [0.2, 0.25) is 0 Å². The smallest absolute Gasteiger partial charge is 0.128 e. The van der Waals surface area contributed by atoms with E-state index in [1.165, 1.54) is 0 Å². The zero-order valence-electron chi connectivity index (χ0n) is 28.7. The summed E-state index contributed by atoms with van der Waals surface area (Å²) in [4.78, 5) is 0. The maximum absolute atomic E-state index is 9.41. The Morgan fingerprint density at radius 3 is 1.00 bits per heavy atom. The largest absolute Gasteiger partial charge is 0.488 e. The van der Waals surface area contributed by atoms with Crippen molar-refractivity contribution in [2.45, 2.75) is 26.4 Å². The molecule has 8 rings (SSSR count). The molecule has 0 atom stereocenters. The lowest BCUT2D eigenvalue weighted by Crippen LogP contribution is -2.01. The Kier molecular flexibility index (Phi) is 9.49. The third-order valence-electron chi connectivity index (χ3n) is 9.67. The Morgan fingerprint density at radius 2 is 0.654 bits per heavy atom. The molecule has 52 heavy (non-hydrogen) atoms. The second-order valence-electron chi connectivity index (χ2n) is 13.0. The molecule has 8 aromatic carbocycles. The molecule has 0 saturated heterocycles. The van der Waals surface area contributed by atoms with Crippen molar-refractivity contribution in [1.29, 1.82) is 0 Å². The molecule has 0 aliphatic heterocycles. The van der Waals surface area contributed by atoms with Crippen molar-refractivity contribution >= 4 is 21.5 Å². The van der Waals surface area contributed by atoms with E-state index < -0.39 is 0 Å². The Balaban J connectivity index is 1.11. The lowest BCUT2D eigenvalue weighted by molar-refractivity contribution is 0.281. The van der Waals surface area contributed by atoms with Crippen LogP contribution >= 0.6 is 0 Å². The Bertz CT molecular complexity index is 2270. The third-order valence-corrected chi connectivity index (χ3v) is 9.67. The fourth-order valence-electron chi connectivity index (χ4n) is 6.77. The number of hydrogen-bond donors (Lipinski definition) is 2. The molecule has 0 aliphatic carbocycles. The molecule has 0 spiro atoms. The number of fused-ring (bicyclic) bond motifs is 2. The molecule has 0 heterocycles. The van der Waals surface area contributed by atoms with Crippen LogP contribution in [0.15, 0.2) is 170 Å². The van der Waals surface area contributed by atoms with E-state index in [0.29, 0.717) is 13.2 Å². The number of aliphatic hydroxyl groups is 2. The van der Waals surface area contributed by atoms with Gasteiger partial charge in [-0.25, -0.2) is 0 Å². The highest BCUT2D eigenvalue weighted by Gasteiger charge is 2.19. The molecular formula is C48H38O4. The monoisotopic (exact) mass is 678 g/mol. The van der Waals surface area contributed by atoms with Gasteiger partial charge in [0.1, 0.15) is 24.7 Å². The molecular weight excluding hydrogens is 641 g/mol. The van der Waals surface area contributed by atoms with Gasteiger partial charge in [-0.1, -0.05) is 158 Å². The van der Waals surface area contributed by atoms with Crippen LogP contribution in [0.2, 0.25) is 0 Å². The molecule has 0 aliphatic rings. The first-order valence-corrected chi connectivity index (χ1v) is 17.5. The number of aliphatic hydroxyl groups excluding tert-OH is 2. The summed E-state index contributed by atoms with van der Waals surface area (Å²) in [5, 5.41) is 23.3. The summed E-state index contributed by atoms with van der Waals surface area (Å²) in [6.45, 7) is 0.893. The number of ether oxygens (including phenoxy) is 2. The van der Waals surface area contributed by atoms with Crippen molar-refractivity contribution in [3.63, 3.8) is 0 Å². The van der Waals surface area contributed by atoms with E-state index in [1.54, 1.807) is 0 Å². The van der Waals surface area contributed by atoms with E-state index >= 15 is 0 Å². The molecule has 0 amide bonds. The highest BCUT2D eigenvalue weighted by Crippen LogP contribution is 2.46. The summed E-state index contributed by atoms with van der Waals surface area (Å²) in [7, 11) is 0. The fraction of sp³-hybridized carbons (Fsp3) is 0.0833. The van der Waals surface area contributed by atoms with Crippen LogP contribution < -0.4 is 9.47 Å². The van der Waals surface area contributed by atoms with Crippen LogP contribution in [-0.4, -0.2) is 10.2 Å². The van der Waals surface area contributed by atoms with Gasteiger partial charge in [-0.15, -0.1) is 0 Å². The van der Waals surface area contributed by atoms with Crippen LogP contribution in [0.5, 0.6) is 11.5 Å². The van der Waals surface area contributed by atoms with Crippen LogP contribution in [0.25, 0.3) is 54.9 Å². The van der Waals surface area contributed by atoms with Gasteiger partial charge in [0.15, 0.2) is 0 Å². The second kappa shape index (κ2) is 15.0. The van der Waals surface area contributed by atoms with Gasteiger partial charge in [-0.3, -0.25) is 0 Å². The molecule has 0 bridgehead atoms. The predicted molar refractivity (Wildman–Crippen MR) is 211 cm³/mol. The normalized spacial score (nSPS) is 11.2. The van der Waals surface area contributed by atoms with Crippen LogP contribution in [0.3, 0.4) is 0 Å². The summed E-state index contributed by atoms with van der Waals surface area (Å²) < 4.78 is 13.4. The van der Waals surface area contributed by atoms with E-state index in [9.17, 15) is 10.2 Å². The minimum absolute atomic E-state index is 0.0387. The lowest BCUT2D eigenvalue weighted by Gasteiger charge is -2.20. The van der Waals surface area contributed by atoms with Crippen molar-refractivity contribution in [2.75, 3.05) is 0 Å². The summed E-state index contributed by atoms with van der Waals surface area (Å²) in [5.41, 5.74) is 10.4. The van der Waals surface area contributed by atoms with Crippen molar-refractivity contribution in [3.8, 4) is 44.9 Å². The van der Waals surface area contributed by atoms with Gasteiger partial charge < -0.3 is 19.7 Å². The SMILES string of the molecule is OCc1ccc(-c2ccc(COc3ccc4ccccc4c3-c3c(OCc4ccc(-c5ccc(CO)cc5)cc4)ccc4ccccc34)cc2)cc1. The Hall–Kier alpha value is -6.20. The van der Waals surface area contributed by atoms with Crippen LogP contribution in [-0.2, 0) is 26.4 Å². The lowest BCUT2D eigenvalue weighted by atomic mass is 9.92. The topological polar surface area (TPSA) is 58.9 Å². The summed E-state index contributed by atoms with van der Waals surface area (Å²) >= 11 is 0. The van der Waals surface area contributed by atoms with E-state index in [0.717, 1.165) is 88.7 Å². The summed E-state index contributed by atoms with van der Waals surface area (Å²) in [6, 6.07) is 58.1. The summed E-state index contributed by atoms with van der Waals surface area (Å²) in [6.07, 6.45) is 0. The highest BCUT2D eigenvalue weighted by molar-refractivity contribution is 6.09. The van der Waals surface area contributed by atoms with Gasteiger partial charge in [-0.2, -0.15) is 0 Å². The van der Waals surface area contributed by atoms with Gasteiger partial charge in [0.05, 0.1) is 13.2 Å². The van der Waals surface area contributed by atoms with Crippen molar-refractivity contribution in [2.24, 2.45) is 0 Å². The fourth-order valence-corrected chi connectivity index (χ4v) is 6.77. The van der Waals surface area contributed by atoms with Gasteiger partial charge in [-0.05, 0) is 78.2 Å². The molecule has 0 unspecified atom stereocenters. The number of hydrogen-bond acceptors (Lipinski definition) is 4. The second-order valence-corrected chi connectivity index (χ2v) is 13.0. The maximum atomic E-state index is 9.41. The van der Waals surface area contributed by atoms with Crippen molar-refractivity contribution in [1.82, 2.24) is 0 Å². The van der Waals surface area contributed by atoms with Crippen LogP contribution in [0.1, 0.15) is 22.3 Å². The van der Waals surface area contributed by atoms with Gasteiger partial charge in [0, 0.05) is 11.1 Å². The molecule has 8 aromatic rings. The average Bonchev–Trinajstić information content (AvgIpc) is 3.22. The predicted octanol–water partition coefficient (Wildman–Crippen LogP) is 11.1. The van der Waals surface area contributed by atoms with E-state index in [2.05, 4.69) is 121 Å². The molecule has 0 fully saturated rings. The van der Waals surface area contributed by atoms with Gasteiger partial charge in [0.25, 0.3) is 0 Å². The maximum Gasteiger partial charge on any atom is 0.128 e. The van der Waals surface area contributed by atoms with Crippen molar-refractivity contribution < 1.29 is 19.7 Å². The molecule has 2 N–H and O–H groups in total. The first-order valence-electron chi connectivity index (χ1n) is 17.5. The van der Waals surface area contributed by atoms with E-state index in [4.69, 9.17) is 9.47 Å². The molecule has 0 saturated carbocycles. The minimum Gasteiger partial charge on any atom is -0.488 e. The average molecular weight is 679 g/mol. The van der Waals surface area contributed by atoms with Crippen molar-refractivity contribution in [3.05, 3.63) is 192 Å². The zero-order valence-corrected chi connectivity index (χ0v) is 28.7. The molecule has 4 nitrogen and oxygen atoms in total. The first-order chi connectivity index (χ1) is 25.7. The van der Waals surface area contributed by atoms with Crippen LogP contribution in [0.4, 0.5) is 0 Å². The Morgan fingerprint density at radius 1 is 0.327 bits per heavy atom. The van der Waals surface area contributed by atoms with Gasteiger partial charge >= 0.3 is 0 Å². The third kappa shape index (κ3) is 6.90. The van der Waals surface area contributed by atoms with E-state index in [1.807, 2.05) is 48.5 Å². The molecule has 4 heteroatoms. The highest BCUT2D eigenvalue weighted by atomic mass is 16.5. The number of rotatable bonds is 11. The van der Waals surface area contributed by atoms with E-state index in [-0.39, 0.29) is 13.2 Å². The quantitative estimate of drug-likeness (QED) is 0.143. The standard InChI is InChI=1S/C48H38O4/c49-29-33-9-17-37(18-10-33)39-21-13-35(14-22-39)31-51-45-27-25-41-5-1-3-7-43(41)47(45)48-44-8-4-2-6-42(44)26-28-46(48)52-32-36-15-23-40(24-16-36)38-19-11-34(30-50)12-20-38/h1-28,49-50H,29-32H2. The summed E-state index contributed by atoms with van der Waals surface area (Å²) in [5.74, 6) is 1.58. The number of benzene rings is 8. The molecule has 254 valence electrons. The minimum atomic E-state index is 0.0387. The van der Waals surface area contributed by atoms with Crippen LogP contribution in [0, 0.1) is 0 Å². The zero-order chi connectivity index (χ0) is 35.3. The molecule has 0 radical (unpaired) electrons. The molecule has 0 aromatic heterocycles.